The van der Waals surface area contributed by atoms with Gasteiger partial charge >= 0.3 is 0 Å². The van der Waals surface area contributed by atoms with Crippen molar-refractivity contribution in [3.63, 3.8) is 0 Å². The number of amides is 2. The van der Waals surface area contributed by atoms with E-state index in [0.29, 0.717) is 33.0 Å². The SMILES string of the molecule is CSC(=O)N1CCOC[C@H]1CCC1COC[C@@H](C)N1C(=O)C(C)C. The molecule has 24 heavy (non-hydrogen) atoms. The Kier molecular flexibility index (Phi) is 7.37. The summed E-state index contributed by atoms with van der Waals surface area (Å²) in [5, 5.41) is 0.103. The van der Waals surface area contributed by atoms with Crippen LogP contribution in [0.5, 0.6) is 0 Å². The lowest BCUT2D eigenvalue weighted by atomic mass is 10.00. The van der Waals surface area contributed by atoms with Crippen molar-refractivity contribution in [2.45, 2.75) is 51.7 Å². The number of carbonyl (C=O) groups is 2. The predicted octanol–water partition coefficient (Wildman–Crippen LogP) is 2.22. The fourth-order valence-corrected chi connectivity index (χ4v) is 3.92. The van der Waals surface area contributed by atoms with E-state index in [9.17, 15) is 9.59 Å². The number of ether oxygens (including phenoxy) is 2. The first-order valence-electron chi connectivity index (χ1n) is 8.78. The third-order valence-corrected chi connectivity index (χ3v) is 5.34. The molecule has 2 aliphatic heterocycles. The summed E-state index contributed by atoms with van der Waals surface area (Å²) in [5.41, 5.74) is 0. The third-order valence-electron chi connectivity index (χ3n) is 4.76. The standard InChI is InChI=1S/C17H30N2O4S/c1-12(2)16(20)19-13(3)9-23-11-15(19)6-5-14-10-22-8-7-18(14)17(21)24-4/h12-15H,5-11H2,1-4H3/t13-,14-,15?/m1/s1. The minimum atomic E-state index is -0.0133. The largest absolute Gasteiger partial charge is 0.377 e. The number of rotatable bonds is 4. The van der Waals surface area contributed by atoms with Gasteiger partial charge in [-0.05, 0) is 26.0 Å². The highest BCUT2D eigenvalue weighted by molar-refractivity contribution is 8.12. The molecule has 2 heterocycles. The molecule has 2 amide bonds. The number of nitrogens with zero attached hydrogens (tertiary/aromatic N) is 2. The molecule has 138 valence electrons. The summed E-state index contributed by atoms with van der Waals surface area (Å²) in [4.78, 5) is 28.6. The molecule has 0 aliphatic carbocycles. The number of carbonyl (C=O) groups excluding carboxylic acids is 2. The molecule has 0 radical (unpaired) electrons. The Balaban J connectivity index is 1.99. The van der Waals surface area contributed by atoms with Crippen molar-refractivity contribution in [1.82, 2.24) is 9.80 Å². The maximum absolute atomic E-state index is 12.6. The van der Waals surface area contributed by atoms with E-state index in [1.54, 1.807) is 0 Å². The van der Waals surface area contributed by atoms with Gasteiger partial charge in [0.05, 0.1) is 44.6 Å². The highest BCUT2D eigenvalue weighted by Gasteiger charge is 2.35. The van der Waals surface area contributed by atoms with Crippen LogP contribution in [0.3, 0.4) is 0 Å². The summed E-state index contributed by atoms with van der Waals surface area (Å²) in [6.07, 6.45) is 3.47. The van der Waals surface area contributed by atoms with Crippen molar-refractivity contribution in [1.29, 1.82) is 0 Å². The summed E-state index contributed by atoms with van der Waals surface area (Å²) < 4.78 is 11.2. The van der Waals surface area contributed by atoms with Crippen molar-refractivity contribution in [2.75, 3.05) is 39.2 Å². The molecule has 7 heteroatoms. The van der Waals surface area contributed by atoms with E-state index < -0.39 is 0 Å². The summed E-state index contributed by atoms with van der Waals surface area (Å²) >= 11 is 1.25. The topological polar surface area (TPSA) is 59.1 Å². The van der Waals surface area contributed by atoms with Crippen LogP contribution in [0.1, 0.15) is 33.6 Å². The van der Waals surface area contributed by atoms with Crippen LogP contribution in [-0.2, 0) is 14.3 Å². The Bertz CT molecular complexity index is 446. The van der Waals surface area contributed by atoms with E-state index in [2.05, 4.69) is 0 Å². The highest BCUT2D eigenvalue weighted by Crippen LogP contribution is 2.24. The first-order chi connectivity index (χ1) is 11.5. The Labute approximate surface area is 149 Å². The highest BCUT2D eigenvalue weighted by atomic mass is 32.2. The molecule has 0 N–H and O–H groups in total. The maximum atomic E-state index is 12.6. The van der Waals surface area contributed by atoms with Crippen LogP contribution in [0.4, 0.5) is 4.79 Å². The first kappa shape index (κ1) is 19.5. The van der Waals surface area contributed by atoms with E-state index in [4.69, 9.17) is 9.47 Å². The number of hydrogen-bond donors (Lipinski definition) is 0. The fraction of sp³-hybridized carbons (Fsp3) is 0.882. The molecular formula is C17H30N2O4S. The Morgan fingerprint density at radius 2 is 1.79 bits per heavy atom. The van der Waals surface area contributed by atoms with Crippen molar-refractivity contribution in [3.8, 4) is 0 Å². The van der Waals surface area contributed by atoms with Gasteiger partial charge in [-0.1, -0.05) is 25.6 Å². The zero-order valence-electron chi connectivity index (χ0n) is 15.2. The van der Waals surface area contributed by atoms with Crippen molar-refractivity contribution >= 4 is 22.9 Å². The van der Waals surface area contributed by atoms with Gasteiger partial charge in [-0.2, -0.15) is 0 Å². The van der Waals surface area contributed by atoms with Crippen molar-refractivity contribution in [2.24, 2.45) is 5.92 Å². The average molecular weight is 359 g/mol. The van der Waals surface area contributed by atoms with E-state index in [1.165, 1.54) is 11.8 Å². The number of hydrogen-bond acceptors (Lipinski definition) is 5. The molecule has 2 fully saturated rings. The van der Waals surface area contributed by atoms with Crippen LogP contribution >= 0.6 is 11.8 Å². The first-order valence-corrected chi connectivity index (χ1v) is 10.0. The normalized spacial score (nSPS) is 28.3. The monoisotopic (exact) mass is 358 g/mol. The van der Waals surface area contributed by atoms with E-state index in [0.717, 1.165) is 12.8 Å². The van der Waals surface area contributed by atoms with Crippen LogP contribution in [-0.4, -0.2) is 78.3 Å². The summed E-state index contributed by atoms with van der Waals surface area (Å²) in [7, 11) is 0. The molecule has 2 aliphatic rings. The van der Waals surface area contributed by atoms with Gasteiger partial charge in [0.2, 0.25) is 5.91 Å². The van der Waals surface area contributed by atoms with E-state index >= 15 is 0 Å². The smallest absolute Gasteiger partial charge is 0.281 e. The number of thioether (sulfide) groups is 1. The van der Waals surface area contributed by atoms with Gasteiger partial charge < -0.3 is 19.3 Å². The lowest BCUT2D eigenvalue weighted by Crippen LogP contribution is -2.55. The quantitative estimate of drug-likeness (QED) is 0.771. The van der Waals surface area contributed by atoms with Crippen LogP contribution in [0.15, 0.2) is 0 Å². The maximum Gasteiger partial charge on any atom is 0.281 e. The molecule has 0 bridgehead atoms. The third kappa shape index (κ3) is 4.64. The van der Waals surface area contributed by atoms with E-state index in [1.807, 2.05) is 36.8 Å². The Morgan fingerprint density at radius 1 is 1.12 bits per heavy atom. The van der Waals surface area contributed by atoms with Crippen LogP contribution in [0.25, 0.3) is 0 Å². The van der Waals surface area contributed by atoms with Crippen LogP contribution < -0.4 is 0 Å². The minimum Gasteiger partial charge on any atom is -0.377 e. The van der Waals surface area contributed by atoms with Crippen LogP contribution in [0.2, 0.25) is 0 Å². The molecule has 6 nitrogen and oxygen atoms in total. The molecule has 0 spiro atoms. The zero-order chi connectivity index (χ0) is 17.7. The lowest BCUT2D eigenvalue weighted by molar-refractivity contribution is -0.149. The minimum absolute atomic E-state index is 0.0133. The second kappa shape index (κ2) is 9.06. The average Bonchev–Trinajstić information content (AvgIpc) is 2.58. The molecule has 0 aromatic rings. The molecule has 3 atom stereocenters. The Hall–Kier alpha value is -0.790. The molecule has 0 aromatic carbocycles. The predicted molar refractivity (Wildman–Crippen MR) is 95.2 cm³/mol. The summed E-state index contributed by atoms with van der Waals surface area (Å²) in [5.74, 6) is 0.174. The van der Waals surface area contributed by atoms with Crippen molar-refractivity contribution in [3.05, 3.63) is 0 Å². The Morgan fingerprint density at radius 3 is 2.46 bits per heavy atom. The van der Waals surface area contributed by atoms with Crippen molar-refractivity contribution < 1.29 is 19.1 Å². The molecule has 1 unspecified atom stereocenters. The van der Waals surface area contributed by atoms with Gasteiger partial charge in [0, 0.05) is 12.5 Å². The fourth-order valence-electron chi connectivity index (χ4n) is 3.45. The van der Waals surface area contributed by atoms with Gasteiger partial charge in [-0.3, -0.25) is 9.59 Å². The molecule has 0 aromatic heterocycles. The molecule has 0 saturated carbocycles. The van der Waals surface area contributed by atoms with Crippen LogP contribution in [0, 0.1) is 5.92 Å². The molecular weight excluding hydrogens is 328 g/mol. The summed E-state index contributed by atoms with van der Waals surface area (Å²) in [6.45, 7) is 8.92. The zero-order valence-corrected chi connectivity index (χ0v) is 16.0. The van der Waals surface area contributed by atoms with Gasteiger partial charge in [0.25, 0.3) is 5.24 Å². The van der Waals surface area contributed by atoms with Gasteiger partial charge in [-0.25, -0.2) is 0 Å². The van der Waals surface area contributed by atoms with Gasteiger partial charge in [0.15, 0.2) is 0 Å². The summed E-state index contributed by atoms with van der Waals surface area (Å²) in [6, 6.07) is 0.272. The number of morpholine rings is 2. The van der Waals surface area contributed by atoms with Gasteiger partial charge in [-0.15, -0.1) is 0 Å². The molecule has 2 rings (SSSR count). The van der Waals surface area contributed by atoms with Gasteiger partial charge in [0.1, 0.15) is 0 Å². The van der Waals surface area contributed by atoms with E-state index in [-0.39, 0.29) is 35.2 Å². The second-order valence-corrected chi connectivity index (χ2v) is 7.67. The lowest BCUT2D eigenvalue weighted by Gasteiger charge is -2.43. The molecule has 2 saturated heterocycles. The second-order valence-electron chi connectivity index (χ2n) is 6.91.